The second-order valence-corrected chi connectivity index (χ2v) is 19.4. The van der Waals surface area contributed by atoms with Crippen LogP contribution in [0.1, 0.15) is 12.5 Å². The average Bonchev–Trinajstić information content (AvgIpc) is 4.04. The molecule has 14 rings (SSSR count). The smallest absolute Gasteiger partial charge is 0.0717 e. The van der Waals surface area contributed by atoms with Gasteiger partial charge in [-0.25, -0.2) is 0 Å². The van der Waals surface area contributed by atoms with Crippen molar-refractivity contribution < 1.29 is 0 Å². The molecule has 0 amide bonds. The van der Waals surface area contributed by atoms with Crippen molar-refractivity contribution in [3.8, 4) is 78.3 Å². The molecule has 0 fully saturated rings. The van der Waals surface area contributed by atoms with Gasteiger partial charge in [0.1, 0.15) is 0 Å². The summed E-state index contributed by atoms with van der Waals surface area (Å²) in [6.07, 6.45) is 15.7. The van der Waals surface area contributed by atoms with E-state index in [1.165, 1.54) is 43.8 Å². The minimum absolute atomic E-state index is 0.230. The first-order valence-corrected chi connectivity index (χ1v) is 25.5. The second kappa shape index (κ2) is 18.3. The summed E-state index contributed by atoms with van der Waals surface area (Å²) in [7, 11) is 0. The highest BCUT2D eigenvalue weighted by molar-refractivity contribution is 6.12. The molecule has 6 heterocycles. The van der Waals surface area contributed by atoms with Crippen LogP contribution in [0.4, 0.5) is 0 Å². The molecule has 354 valence electrons. The Hall–Kier alpha value is -9.91. The highest BCUT2D eigenvalue weighted by Gasteiger charge is 2.19. The molecule has 6 heteroatoms. The fourth-order valence-corrected chi connectivity index (χ4v) is 11.2. The van der Waals surface area contributed by atoms with Gasteiger partial charge in [-0.3, -0.25) is 15.0 Å². The number of pyridine rings is 3. The van der Waals surface area contributed by atoms with Crippen LogP contribution in [0.15, 0.2) is 262 Å². The zero-order valence-electron chi connectivity index (χ0n) is 41.1. The first-order valence-electron chi connectivity index (χ1n) is 25.5. The lowest BCUT2D eigenvalue weighted by atomic mass is 9.93. The van der Waals surface area contributed by atoms with Crippen LogP contribution in [0, 0.1) is 0 Å². The zero-order chi connectivity index (χ0) is 49.8. The fourth-order valence-electron chi connectivity index (χ4n) is 11.2. The summed E-state index contributed by atoms with van der Waals surface area (Å²) in [5.74, 6) is 0. The summed E-state index contributed by atoms with van der Waals surface area (Å²) in [6, 6.07) is 77.6. The van der Waals surface area contributed by atoms with Crippen LogP contribution in [0.2, 0.25) is 0 Å². The minimum Gasteiger partial charge on any atom is -0.384 e. The van der Waals surface area contributed by atoms with Crippen LogP contribution in [-0.2, 0) is 0 Å². The van der Waals surface area contributed by atoms with Gasteiger partial charge in [-0.15, -0.1) is 0 Å². The topological polar surface area (TPSA) is 60.6 Å². The van der Waals surface area contributed by atoms with Crippen LogP contribution in [0.25, 0.3) is 127 Å². The number of aromatic nitrogens is 5. The molecule has 0 radical (unpaired) electrons. The third-order valence-electron chi connectivity index (χ3n) is 14.9. The van der Waals surface area contributed by atoms with E-state index in [1.807, 2.05) is 61.4 Å². The van der Waals surface area contributed by atoms with Crippen LogP contribution in [-0.4, -0.2) is 30.1 Å². The lowest BCUT2D eigenvalue weighted by Gasteiger charge is -2.20. The Morgan fingerprint density at radius 2 is 0.853 bits per heavy atom. The summed E-state index contributed by atoms with van der Waals surface area (Å²) in [5, 5.41) is 8.26. The molecule has 75 heavy (non-hydrogen) atoms. The van der Waals surface area contributed by atoms with Crippen molar-refractivity contribution in [2.75, 3.05) is 0 Å². The van der Waals surface area contributed by atoms with Gasteiger partial charge in [0.2, 0.25) is 0 Å². The Balaban J connectivity index is 0.875. The van der Waals surface area contributed by atoms with Gasteiger partial charge < -0.3 is 14.5 Å². The normalized spacial score (nSPS) is 13.4. The Morgan fingerprint density at radius 1 is 0.360 bits per heavy atom. The largest absolute Gasteiger partial charge is 0.384 e. The van der Waals surface area contributed by atoms with Crippen LogP contribution >= 0.6 is 0 Å². The van der Waals surface area contributed by atoms with E-state index in [2.05, 4.69) is 237 Å². The van der Waals surface area contributed by atoms with Crippen molar-refractivity contribution in [3.05, 3.63) is 267 Å². The number of nitrogens with one attached hydrogen (secondary N) is 1. The SMILES string of the molecule is C[C@H]1NC=CC=C1c1cccc(-c2ccc3c(c2)c2cc(-c4cccc(-c5cccnc5)c4)ccc2n3-c2cccc(-c3cccc(-n4c5ccccc5c5cc(-c6cncc(-c7ccccn7)c6)ccc54)c3)c2)c1. The molecule has 6 nitrogen and oxygen atoms in total. The molecule has 1 N–H and O–H groups in total. The number of rotatable bonds is 9. The molecule has 0 saturated heterocycles. The molecule has 8 aromatic carbocycles. The molecule has 0 spiro atoms. The van der Waals surface area contributed by atoms with Crippen LogP contribution < -0.4 is 5.32 Å². The maximum absolute atomic E-state index is 4.63. The van der Waals surface area contributed by atoms with E-state index < -0.39 is 0 Å². The van der Waals surface area contributed by atoms with Crippen molar-refractivity contribution >= 4 is 49.2 Å². The summed E-state index contributed by atoms with van der Waals surface area (Å²) in [4.78, 5) is 13.6. The van der Waals surface area contributed by atoms with Gasteiger partial charge in [0.05, 0.1) is 27.8 Å². The predicted molar refractivity (Wildman–Crippen MR) is 311 cm³/mol. The lowest BCUT2D eigenvalue weighted by Crippen LogP contribution is -2.23. The summed E-state index contributed by atoms with van der Waals surface area (Å²) >= 11 is 0. The average molecular weight is 961 g/mol. The number of dihydropyridines is 1. The molecule has 5 aromatic heterocycles. The Labute approximate surface area is 434 Å². The molecule has 0 aliphatic carbocycles. The van der Waals surface area contributed by atoms with Gasteiger partial charge in [0.15, 0.2) is 0 Å². The van der Waals surface area contributed by atoms with E-state index in [9.17, 15) is 0 Å². The number of nitrogens with zero attached hydrogens (tertiary/aromatic N) is 5. The van der Waals surface area contributed by atoms with E-state index in [4.69, 9.17) is 0 Å². The molecule has 0 unspecified atom stereocenters. The van der Waals surface area contributed by atoms with Gasteiger partial charge >= 0.3 is 0 Å². The monoisotopic (exact) mass is 960 g/mol. The van der Waals surface area contributed by atoms with Crippen molar-refractivity contribution in [2.45, 2.75) is 13.0 Å². The summed E-state index contributed by atoms with van der Waals surface area (Å²) in [5.41, 5.74) is 22.6. The number of para-hydroxylation sites is 1. The molecule has 1 atom stereocenters. The molecule has 1 aliphatic rings. The van der Waals surface area contributed by atoms with E-state index in [1.54, 1.807) is 0 Å². The Bertz CT molecular complexity index is 4410. The third kappa shape index (κ3) is 7.88. The zero-order valence-corrected chi connectivity index (χ0v) is 41.1. The first-order chi connectivity index (χ1) is 37.1. The van der Waals surface area contributed by atoms with Crippen LogP contribution in [0.3, 0.4) is 0 Å². The van der Waals surface area contributed by atoms with Crippen molar-refractivity contribution in [1.82, 2.24) is 29.4 Å². The van der Waals surface area contributed by atoms with Gasteiger partial charge in [0.25, 0.3) is 0 Å². The van der Waals surface area contributed by atoms with Crippen molar-refractivity contribution in [3.63, 3.8) is 0 Å². The molecule has 1 aliphatic heterocycles. The van der Waals surface area contributed by atoms with E-state index >= 15 is 0 Å². The van der Waals surface area contributed by atoms with E-state index in [0.717, 1.165) is 89.2 Å². The molecule has 13 aromatic rings. The highest BCUT2D eigenvalue weighted by Crippen LogP contribution is 2.41. The maximum Gasteiger partial charge on any atom is 0.0717 e. The first kappa shape index (κ1) is 43.8. The summed E-state index contributed by atoms with van der Waals surface area (Å²) in [6.45, 7) is 2.21. The lowest BCUT2D eigenvalue weighted by molar-refractivity contribution is 0.779. The number of fused-ring (bicyclic) bond motifs is 6. The second-order valence-electron chi connectivity index (χ2n) is 19.4. The Morgan fingerprint density at radius 3 is 1.48 bits per heavy atom. The Kier molecular flexibility index (Phi) is 10.7. The quantitative estimate of drug-likeness (QED) is 0.157. The number of benzene rings is 8. The molecular formula is C69H48N6. The third-order valence-corrected chi connectivity index (χ3v) is 14.9. The highest BCUT2D eigenvalue weighted by atomic mass is 15.0. The van der Waals surface area contributed by atoms with Gasteiger partial charge in [-0.1, -0.05) is 115 Å². The maximum atomic E-state index is 4.63. The molecular weight excluding hydrogens is 913 g/mol. The number of hydrogen-bond acceptors (Lipinski definition) is 4. The van der Waals surface area contributed by atoms with Gasteiger partial charge in [-0.05, 0) is 178 Å². The van der Waals surface area contributed by atoms with Crippen molar-refractivity contribution in [2.24, 2.45) is 0 Å². The van der Waals surface area contributed by atoms with E-state index in [0.29, 0.717) is 0 Å². The summed E-state index contributed by atoms with van der Waals surface area (Å²) < 4.78 is 4.84. The van der Waals surface area contributed by atoms with E-state index in [-0.39, 0.29) is 6.04 Å². The van der Waals surface area contributed by atoms with Gasteiger partial charge in [-0.2, -0.15) is 0 Å². The van der Waals surface area contributed by atoms with Crippen molar-refractivity contribution in [1.29, 1.82) is 0 Å². The molecule has 0 bridgehead atoms. The fraction of sp³-hybridized carbons (Fsp3) is 0.0290. The number of hydrogen-bond donors (Lipinski definition) is 1. The molecule has 0 saturated carbocycles. The minimum atomic E-state index is 0.230. The van der Waals surface area contributed by atoms with Crippen LogP contribution in [0.5, 0.6) is 0 Å². The number of allylic oxidation sites excluding steroid dienone is 2. The standard InChI is InChI=1S/C69H48N6/c1-45-60(22-11-33-72-45)54-17-7-13-47(35-54)52-26-29-69-64(40-52)63-39-51(46-12-6-14-48(34-46)55-18-10-31-70-42-55)25-28-68(63)75(69)59-20-9-16-50(38-59)49-15-8-19-58(37-49)74-66-24-3-2-21-61(66)62-41-53(27-30-67(62)74)56-36-57(44-71-43-56)65-23-4-5-32-73-65/h2-45,72H,1H3/t45-/m1/s1. The van der Waals surface area contributed by atoms with Gasteiger partial charge in [0, 0.05) is 86.6 Å². The predicted octanol–water partition coefficient (Wildman–Crippen LogP) is 17.0.